The monoisotopic (exact) mass is 543 g/mol. The Morgan fingerprint density at radius 2 is 1.73 bits per heavy atom. The van der Waals surface area contributed by atoms with Gasteiger partial charge in [-0.15, -0.1) is 0 Å². The number of hydrogen-bond acceptors (Lipinski definition) is 6. The molecule has 1 aliphatic rings. The van der Waals surface area contributed by atoms with E-state index >= 15 is 0 Å². The first kappa shape index (κ1) is 27.1. The Hall–Kier alpha value is -4.53. The van der Waals surface area contributed by atoms with Crippen LogP contribution in [-0.2, 0) is 11.3 Å². The van der Waals surface area contributed by atoms with Crippen LogP contribution in [0.15, 0.2) is 82.1 Å². The van der Waals surface area contributed by atoms with Gasteiger partial charge in [0.1, 0.15) is 5.60 Å². The SMILES string of the molecule is CC(C)(C)OC(=O)NCc1cccc(C2CCN(C(=O)c3ccc4on(Oc5ccccc5)c(=O)c4c3)CC2)c1. The molecule has 5 rings (SSSR count). The van der Waals surface area contributed by atoms with Crippen molar-refractivity contribution in [2.45, 2.75) is 51.7 Å². The number of aromatic nitrogens is 1. The topological polar surface area (TPSA) is 103 Å². The maximum absolute atomic E-state index is 13.3. The molecule has 0 radical (unpaired) electrons. The Balaban J connectivity index is 1.20. The minimum Gasteiger partial charge on any atom is -0.444 e. The van der Waals surface area contributed by atoms with Gasteiger partial charge in [0.25, 0.3) is 5.91 Å². The molecule has 4 aromatic rings. The van der Waals surface area contributed by atoms with Gasteiger partial charge in [0.05, 0.1) is 5.39 Å². The molecule has 9 heteroatoms. The maximum atomic E-state index is 13.3. The molecule has 1 fully saturated rings. The first-order valence-electron chi connectivity index (χ1n) is 13.4. The number of carbonyl (C=O) groups is 2. The average Bonchev–Trinajstić information content (AvgIpc) is 3.25. The van der Waals surface area contributed by atoms with E-state index in [1.807, 2.05) is 43.9 Å². The van der Waals surface area contributed by atoms with E-state index in [4.69, 9.17) is 14.1 Å². The van der Waals surface area contributed by atoms with Crippen molar-refractivity contribution in [2.24, 2.45) is 0 Å². The van der Waals surface area contributed by atoms with Gasteiger partial charge in [-0.1, -0.05) is 42.5 Å². The fourth-order valence-electron chi connectivity index (χ4n) is 4.82. The number of amides is 2. The molecule has 1 N–H and O–H groups in total. The van der Waals surface area contributed by atoms with Gasteiger partial charge in [0.15, 0.2) is 11.3 Å². The number of hydrogen-bond donors (Lipinski definition) is 1. The van der Waals surface area contributed by atoms with Crippen LogP contribution in [0.3, 0.4) is 0 Å². The van der Waals surface area contributed by atoms with E-state index in [1.54, 1.807) is 42.5 Å². The number of nitrogens with one attached hydrogen (secondary N) is 1. The molecular formula is C31H33N3O6. The number of rotatable bonds is 6. The molecule has 2 amide bonds. The van der Waals surface area contributed by atoms with Crippen molar-refractivity contribution in [3.05, 3.63) is 99.8 Å². The lowest BCUT2D eigenvalue weighted by Gasteiger charge is -2.32. The van der Waals surface area contributed by atoms with Gasteiger partial charge in [0.2, 0.25) is 0 Å². The zero-order valence-electron chi connectivity index (χ0n) is 22.9. The molecule has 0 spiro atoms. The maximum Gasteiger partial charge on any atom is 0.407 e. The van der Waals surface area contributed by atoms with Gasteiger partial charge in [-0.3, -0.25) is 9.59 Å². The highest BCUT2D eigenvalue weighted by molar-refractivity contribution is 5.97. The van der Waals surface area contributed by atoms with Crippen molar-refractivity contribution in [3.8, 4) is 5.75 Å². The third-order valence-corrected chi connectivity index (χ3v) is 6.78. The van der Waals surface area contributed by atoms with Crippen LogP contribution in [0.2, 0.25) is 0 Å². The highest BCUT2D eigenvalue weighted by Gasteiger charge is 2.26. The molecule has 1 aromatic heterocycles. The van der Waals surface area contributed by atoms with Crippen molar-refractivity contribution >= 4 is 23.0 Å². The molecule has 0 bridgehead atoms. The molecule has 3 aromatic carbocycles. The summed E-state index contributed by atoms with van der Waals surface area (Å²) >= 11 is 0. The molecule has 1 aliphatic heterocycles. The summed E-state index contributed by atoms with van der Waals surface area (Å²) in [6.07, 6.45) is 1.20. The molecule has 0 aliphatic carbocycles. The summed E-state index contributed by atoms with van der Waals surface area (Å²) in [6.45, 7) is 7.09. The number of carbonyl (C=O) groups excluding carboxylic acids is 2. The van der Waals surface area contributed by atoms with Crippen molar-refractivity contribution < 1.29 is 23.7 Å². The number of fused-ring (bicyclic) bond motifs is 1. The average molecular weight is 544 g/mol. The quantitative estimate of drug-likeness (QED) is 0.345. The Bertz CT molecular complexity index is 1560. The first-order chi connectivity index (χ1) is 19.2. The smallest absolute Gasteiger partial charge is 0.407 e. The summed E-state index contributed by atoms with van der Waals surface area (Å²) < 4.78 is 10.8. The summed E-state index contributed by atoms with van der Waals surface area (Å²) in [5, 5.41) is 3.09. The van der Waals surface area contributed by atoms with E-state index in [1.165, 1.54) is 5.56 Å². The minimum atomic E-state index is -0.544. The lowest BCUT2D eigenvalue weighted by atomic mass is 9.88. The summed E-state index contributed by atoms with van der Waals surface area (Å²) in [7, 11) is 0. The summed E-state index contributed by atoms with van der Waals surface area (Å²) in [5.41, 5.74) is 1.96. The zero-order chi connectivity index (χ0) is 28.3. The van der Waals surface area contributed by atoms with Gasteiger partial charge < -0.3 is 24.3 Å². The largest absolute Gasteiger partial charge is 0.444 e. The van der Waals surface area contributed by atoms with Crippen molar-refractivity contribution in [1.29, 1.82) is 0 Å². The van der Waals surface area contributed by atoms with Gasteiger partial charge >= 0.3 is 11.7 Å². The van der Waals surface area contributed by atoms with E-state index in [0.29, 0.717) is 42.4 Å². The van der Waals surface area contributed by atoms with Crippen LogP contribution in [0.1, 0.15) is 61.0 Å². The Morgan fingerprint density at radius 1 is 0.975 bits per heavy atom. The molecule has 208 valence electrons. The van der Waals surface area contributed by atoms with E-state index in [2.05, 4.69) is 17.4 Å². The number of nitrogens with zero attached hydrogens (tertiary/aromatic N) is 2. The Kier molecular flexibility index (Phi) is 7.64. The Labute approximate surface area is 232 Å². The fourth-order valence-corrected chi connectivity index (χ4v) is 4.82. The zero-order valence-corrected chi connectivity index (χ0v) is 22.9. The standard InChI is InChI=1S/C31H33N3O6/c1-31(2,3)38-30(37)32-20-21-8-7-9-23(18-21)22-14-16-33(17-15-22)28(35)24-12-13-27-26(19-24)29(36)34(40-27)39-25-10-5-4-6-11-25/h4-13,18-19,22H,14-17,20H2,1-3H3,(H,32,37). The third kappa shape index (κ3) is 6.36. The lowest BCUT2D eigenvalue weighted by molar-refractivity contribution is 0.0385. The second kappa shape index (κ2) is 11.3. The lowest BCUT2D eigenvalue weighted by Crippen LogP contribution is -2.38. The van der Waals surface area contributed by atoms with Gasteiger partial charge in [-0.25, -0.2) is 4.79 Å². The van der Waals surface area contributed by atoms with Crippen LogP contribution < -0.4 is 15.7 Å². The highest BCUT2D eigenvalue weighted by atomic mass is 16.8. The second-order valence-electron chi connectivity index (χ2n) is 10.9. The number of benzene rings is 3. The molecule has 2 heterocycles. The highest BCUT2D eigenvalue weighted by Crippen LogP contribution is 2.29. The van der Waals surface area contributed by atoms with Crippen molar-refractivity contribution in [3.63, 3.8) is 0 Å². The minimum absolute atomic E-state index is 0.119. The predicted octanol–water partition coefficient (Wildman–Crippen LogP) is 5.48. The Morgan fingerprint density at radius 3 is 2.45 bits per heavy atom. The van der Waals surface area contributed by atoms with E-state index in [9.17, 15) is 14.4 Å². The molecule has 1 saturated heterocycles. The van der Waals surface area contributed by atoms with Crippen LogP contribution >= 0.6 is 0 Å². The van der Waals surface area contributed by atoms with E-state index < -0.39 is 17.3 Å². The first-order valence-corrected chi connectivity index (χ1v) is 13.4. The van der Waals surface area contributed by atoms with E-state index in [0.717, 1.165) is 23.3 Å². The van der Waals surface area contributed by atoms with Crippen LogP contribution in [0.5, 0.6) is 5.75 Å². The van der Waals surface area contributed by atoms with Gasteiger partial charge in [-0.2, -0.15) is 0 Å². The normalized spacial score (nSPS) is 14.2. The summed E-state index contributed by atoms with van der Waals surface area (Å²) in [6, 6.07) is 21.9. The fraction of sp³-hybridized carbons (Fsp3) is 0.323. The van der Waals surface area contributed by atoms with Gasteiger partial charge in [0, 0.05) is 30.1 Å². The predicted molar refractivity (Wildman–Crippen MR) is 150 cm³/mol. The number of alkyl carbamates (subject to hydrolysis) is 1. The van der Waals surface area contributed by atoms with Crippen LogP contribution in [0.4, 0.5) is 4.79 Å². The molecule has 9 nitrogen and oxygen atoms in total. The summed E-state index contributed by atoms with van der Waals surface area (Å²) in [5.74, 6) is 0.656. The molecule has 0 unspecified atom stereocenters. The summed E-state index contributed by atoms with van der Waals surface area (Å²) in [4.78, 5) is 46.3. The number of piperidine rings is 1. The molecule has 0 saturated carbocycles. The van der Waals surface area contributed by atoms with Crippen LogP contribution in [0, 0.1) is 0 Å². The number of likely N-dealkylation sites (tertiary alicyclic amines) is 1. The van der Waals surface area contributed by atoms with Crippen molar-refractivity contribution in [1.82, 2.24) is 15.1 Å². The molecule has 40 heavy (non-hydrogen) atoms. The van der Waals surface area contributed by atoms with Crippen molar-refractivity contribution in [2.75, 3.05) is 13.1 Å². The number of ether oxygens (including phenoxy) is 1. The second-order valence-corrected chi connectivity index (χ2v) is 10.9. The molecular weight excluding hydrogens is 510 g/mol. The van der Waals surface area contributed by atoms with E-state index in [-0.39, 0.29) is 11.3 Å². The third-order valence-electron chi connectivity index (χ3n) is 6.78. The van der Waals surface area contributed by atoms with Crippen LogP contribution in [-0.4, -0.2) is 40.5 Å². The number of para-hydroxylation sites is 1. The van der Waals surface area contributed by atoms with Gasteiger partial charge in [-0.05, 0) is 81.0 Å². The van der Waals surface area contributed by atoms with Crippen LogP contribution in [0.25, 0.3) is 11.0 Å². The molecule has 0 atom stereocenters.